The van der Waals surface area contributed by atoms with Gasteiger partial charge in [0.1, 0.15) is 11.5 Å². The highest BCUT2D eigenvalue weighted by atomic mass is 32.1. The van der Waals surface area contributed by atoms with Crippen LogP contribution in [0.15, 0.2) is 12.1 Å². The van der Waals surface area contributed by atoms with Crippen molar-refractivity contribution in [2.75, 3.05) is 18.5 Å². The van der Waals surface area contributed by atoms with E-state index in [1.807, 2.05) is 17.7 Å². The van der Waals surface area contributed by atoms with Gasteiger partial charge in [0.25, 0.3) is 5.91 Å². The minimum atomic E-state index is -0.0517. The van der Waals surface area contributed by atoms with Crippen molar-refractivity contribution in [2.24, 2.45) is 7.05 Å². The number of hydrogen-bond donors (Lipinski definition) is 1. The number of carbonyl (C=O) groups excluding carboxylic acids is 1. The van der Waals surface area contributed by atoms with E-state index in [1.54, 1.807) is 7.05 Å². The van der Waals surface area contributed by atoms with Gasteiger partial charge >= 0.3 is 0 Å². The summed E-state index contributed by atoms with van der Waals surface area (Å²) >= 11 is 1.48. The molecule has 0 saturated carbocycles. The Morgan fingerprint density at radius 2 is 2.17 bits per heavy atom. The van der Waals surface area contributed by atoms with Gasteiger partial charge < -0.3 is 14.8 Å². The zero-order valence-corrected chi connectivity index (χ0v) is 15.6. The Balaban J connectivity index is 1.92. The molecule has 2 aromatic rings. The maximum absolute atomic E-state index is 12.0. The number of anilines is 1. The fraction of sp³-hybridized carbons (Fsp3) is 0.588. The zero-order chi connectivity index (χ0) is 17.3. The number of aromatic nitrogens is 3. The Morgan fingerprint density at radius 1 is 1.38 bits per heavy atom. The van der Waals surface area contributed by atoms with Crippen LogP contribution < -0.4 is 10.2 Å². The highest BCUT2D eigenvalue weighted by Gasteiger charge is 2.29. The number of piperidine rings is 1. The molecule has 1 atom stereocenters. The van der Waals surface area contributed by atoms with Crippen LogP contribution >= 0.6 is 11.5 Å². The highest BCUT2D eigenvalue weighted by molar-refractivity contribution is 7.09. The van der Waals surface area contributed by atoms with Crippen molar-refractivity contribution in [1.29, 1.82) is 0 Å². The van der Waals surface area contributed by atoms with E-state index in [0.717, 1.165) is 29.6 Å². The van der Waals surface area contributed by atoms with Crippen LogP contribution in [-0.4, -0.2) is 33.4 Å². The second-order valence-corrected chi connectivity index (χ2v) is 7.31. The minimum Gasteiger partial charge on any atom is -0.354 e. The number of carbonyl (C=O) groups is 1. The first-order valence-corrected chi connectivity index (χ1v) is 9.28. The molecule has 1 N–H and O–H groups in total. The lowest BCUT2D eigenvalue weighted by Gasteiger charge is -2.35. The minimum absolute atomic E-state index is 0.0517. The molecule has 130 valence electrons. The third-order valence-corrected chi connectivity index (χ3v) is 5.43. The summed E-state index contributed by atoms with van der Waals surface area (Å²) in [6.07, 6.45) is 3.43. The summed E-state index contributed by atoms with van der Waals surface area (Å²) in [7, 11) is 3.63. The van der Waals surface area contributed by atoms with E-state index >= 15 is 0 Å². The maximum Gasteiger partial charge on any atom is 0.267 e. The van der Waals surface area contributed by atoms with Gasteiger partial charge in [-0.25, -0.2) is 4.98 Å². The van der Waals surface area contributed by atoms with Crippen molar-refractivity contribution >= 4 is 22.6 Å². The van der Waals surface area contributed by atoms with E-state index in [0.29, 0.717) is 11.6 Å². The summed E-state index contributed by atoms with van der Waals surface area (Å²) in [5.41, 5.74) is 1.85. The average Bonchev–Trinajstić information content (AvgIpc) is 3.21. The van der Waals surface area contributed by atoms with Crippen LogP contribution in [0.5, 0.6) is 0 Å². The van der Waals surface area contributed by atoms with Gasteiger partial charge in [-0.1, -0.05) is 13.8 Å². The maximum atomic E-state index is 12.0. The van der Waals surface area contributed by atoms with E-state index in [4.69, 9.17) is 4.98 Å². The lowest BCUT2D eigenvalue weighted by Crippen LogP contribution is -2.34. The molecule has 0 bridgehead atoms. The number of hydrogen-bond acceptors (Lipinski definition) is 5. The first-order chi connectivity index (χ1) is 11.5. The van der Waals surface area contributed by atoms with E-state index in [-0.39, 0.29) is 11.9 Å². The van der Waals surface area contributed by atoms with Crippen molar-refractivity contribution in [3.05, 3.63) is 29.3 Å². The van der Waals surface area contributed by atoms with Crippen LogP contribution in [0.1, 0.15) is 67.1 Å². The highest BCUT2D eigenvalue weighted by Crippen LogP contribution is 2.36. The molecule has 1 aliphatic rings. The van der Waals surface area contributed by atoms with Gasteiger partial charge in [-0.3, -0.25) is 4.79 Å². The first kappa shape index (κ1) is 17.0. The van der Waals surface area contributed by atoms with Crippen LogP contribution in [0, 0.1) is 0 Å². The lowest BCUT2D eigenvalue weighted by molar-refractivity contribution is 0.0954. The third kappa shape index (κ3) is 3.05. The number of rotatable bonds is 4. The molecule has 0 unspecified atom stereocenters. The zero-order valence-electron chi connectivity index (χ0n) is 14.7. The summed E-state index contributed by atoms with van der Waals surface area (Å²) in [5, 5.41) is 3.70. The van der Waals surface area contributed by atoms with E-state index in [9.17, 15) is 4.79 Å². The topological polar surface area (TPSA) is 63.1 Å². The van der Waals surface area contributed by atoms with E-state index in [1.165, 1.54) is 24.4 Å². The molecule has 1 saturated heterocycles. The van der Waals surface area contributed by atoms with Crippen molar-refractivity contribution in [1.82, 2.24) is 19.2 Å². The molecule has 0 aromatic carbocycles. The SMILES string of the molecule is CNC(=O)c1ccc([C@@H]2CCCCN2c2nc(C(C)C)ns2)n1C. The fourth-order valence-electron chi connectivity index (χ4n) is 3.26. The molecular weight excluding hydrogens is 322 g/mol. The molecule has 2 aromatic heterocycles. The summed E-state index contributed by atoms with van der Waals surface area (Å²) in [4.78, 5) is 19.1. The Morgan fingerprint density at radius 3 is 2.83 bits per heavy atom. The van der Waals surface area contributed by atoms with Gasteiger partial charge in [-0.2, -0.15) is 4.37 Å². The monoisotopic (exact) mass is 347 g/mol. The lowest BCUT2D eigenvalue weighted by atomic mass is 10.00. The molecule has 7 heteroatoms. The molecule has 24 heavy (non-hydrogen) atoms. The van der Waals surface area contributed by atoms with Crippen LogP contribution in [0.3, 0.4) is 0 Å². The predicted octanol–water partition coefficient (Wildman–Crippen LogP) is 3.09. The van der Waals surface area contributed by atoms with Crippen LogP contribution in [0.2, 0.25) is 0 Å². The molecule has 3 rings (SSSR count). The normalized spacial score (nSPS) is 18.2. The molecule has 1 amide bonds. The van der Waals surface area contributed by atoms with Gasteiger partial charge in [-0.15, -0.1) is 0 Å². The first-order valence-electron chi connectivity index (χ1n) is 8.51. The van der Waals surface area contributed by atoms with Crippen molar-refractivity contribution in [2.45, 2.75) is 45.1 Å². The smallest absolute Gasteiger partial charge is 0.267 e. The standard InChI is InChI=1S/C17H25N5OS/c1-11(2)15-19-17(24-20-15)22-10-6-5-7-13(22)12-8-9-14(21(12)4)16(23)18-3/h8-9,11,13H,5-7,10H2,1-4H3,(H,18,23)/t13-/m0/s1. The molecular formula is C17H25N5OS. The van der Waals surface area contributed by atoms with E-state index < -0.39 is 0 Å². The van der Waals surface area contributed by atoms with Crippen LogP contribution in [0.25, 0.3) is 0 Å². The van der Waals surface area contributed by atoms with Crippen molar-refractivity contribution < 1.29 is 4.79 Å². The predicted molar refractivity (Wildman–Crippen MR) is 96.7 cm³/mol. The van der Waals surface area contributed by atoms with Crippen molar-refractivity contribution in [3.8, 4) is 0 Å². The number of amides is 1. The van der Waals surface area contributed by atoms with E-state index in [2.05, 4.69) is 34.5 Å². The Labute approximate surface area is 147 Å². The van der Waals surface area contributed by atoms with Gasteiger partial charge in [0.05, 0.1) is 6.04 Å². The summed E-state index contributed by atoms with van der Waals surface area (Å²) in [5.74, 6) is 1.20. The third-order valence-electron chi connectivity index (χ3n) is 4.66. The molecule has 1 fully saturated rings. The van der Waals surface area contributed by atoms with Crippen LogP contribution in [-0.2, 0) is 7.05 Å². The van der Waals surface area contributed by atoms with Gasteiger partial charge in [0, 0.05) is 43.8 Å². The molecule has 0 spiro atoms. The molecule has 0 radical (unpaired) electrons. The average molecular weight is 347 g/mol. The quantitative estimate of drug-likeness (QED) is 0.923. The van der Waals surface area contributed by atoms with Crippen LogP contribution in [0.4, 0.5) is 5.13 Å². The largest absolute Gasteiger partial charge is 0.354 e. The van der Waals surface area contributed by atoms with Crippen molar-refractivity contribution in [3.63, 3.8) is 0 Å². The van der Waals surface area contributed by atoms with Gasteiger partial charge in [-0.05, 0) is 31.4 Å². The number of nitrogens with one attached hydrogen (secondary N) is 1. The molecule has 1 aliphatic heterocycles. The Kier molecular flexibility index (Phi) is 4.89. The molecule has 6 nitrogen and oxygen atoms in total. The summed E-state index contributed by atoms with van der Waals surface area (Å²) in [6, 6.07) is 4.22. The second-order valence-electron chi connectivity index (χ2n) is 6.58. The Bertz CT molecular complexity index is 720. The van der Waals surface area contributed by atoms with Gasteiger partial charge in [0.2, 0.25) is 5.13 Å². The number of nitrogens with zero attached hydrogens (tertiary/aromatic N) is 4. The summed E-state index contributed by atoms with van der Waals surface area (Å²) < 4.78 is 6.51. The fourth-order valence-corrected chi connectivity index (χ4v) is 4.15. The Hall–Kier alpha value is -1.89. The second kappa shape index (κ2) is 6.93. The molecule has 3 heterocycles. The summed E-state index contributed by atoms with van der Waals surface area (Å²) in [6.45, 7) is 5.22. The van der Waals surface area contributed by atoms with Gasteiger partial charge in [0.15, 0.2) is 0 Å². The molecule has 0 aliphatic carbocycles.